The molecule has 5 rings (SSSR count). The first-order valence-corrected chi connectivity index (χ1v) is 12.2. The van der Waals surface area contributed by atoms with Gasteiger partial charge in [0.2, 0.25) is 5.76 Å². The molecule has 7 heteroatoms. The molecular formula is C25H26N2O4S. The second kappa shape index (κ2) is 9.10. The fourth-order valence-electron chi connectivity index (χ4n) is 4.62. The number of hydrogen-bond acceptors (Lipinski definition) is 6. The molecule has 2 aromatic carbocycles. The fourth-order valence-corrected chi connectivity index (χ4v) is 5.03. The summed E-state index contributed by atoms with van der Waals surface area (Å²) in [6.45, 7) is 4.79. The lowest BCUT2D eigenvalue weighted by Gasteiger charge is -2.29. The van der Waals surface area contributed by atoms with Crippen molar-refractivity contribution in [3.05, 3.63) is 75.6 Å². The number of thioether (sulfide) groups is 1. The lowest BCUT2D eigenvalue weighted by atomic mass is 9.98. The molecule has 6 nitrogen and oxygen atoms in total. The van der Waals surface area contributed by atoms with Crippen LogP contribution in [0.3, 0.4) is 0 Å². The van der Waals surface area contributed by atoms with E-state index in [2.05, 4.69) is 4.90 Å². The van der Waals surface area contributed by atoms with E-state index >= 15 is 0 Å². The van der Waals surface area contributed by atoms with Gasteiger partial charge in [0.25, 0.3) is 5.91 Å². The Labute approximate surface area is 191 Å². The Morgan fingerprint density at radius 3 is 2.50 bits per heavy atom. The van der Waals surface area contributed by atoms with Crippen molar-refractivity contribution in [2.24, 2.45) is 0 Å². The summed E-state index contributed by atoms with van der Waals surface area (Å²) in [5.74, 6) is -0.0252. The highest BCUT2D eigenvalue weighted by Gasteiger charge is 2.42. The van der Waals surface area contributed by atoms with E-state index in [0.29, 0.717) is 23.1 Å². The SMILES string of the molecule is CSc1ccc([C@@H]2c3c(oc4ccccc4c3=O)C(=O)N2CCCN2CCOCC2)cc1. The molecule has 1 amide bonds. The van der Waals surface area contributed by atoms with Crippen molar-refractivity contribution < 1.29 is 13.9 Å². The molecule has 0 radical (unpaired) electrons. The average Bonchev–Trinajstić information content (AvgIpc) is 3.12. The topological polar surface area (TPSA) is 63.0 Å². The van der Waals surface area contributed by atoms with Crippen LogP contribution in [0, 0.1) is 0 Å². The number of amides is 1. The third-order valence-corrected chi connectivity index (χ3v) is 7.03. The van der Waals surface area contributed by atoms with Crippen LogP contribution < -0.4 is 5.43 Å². The molecule has 1 fully saturated rings. The van der Waals surface area contributed by atoms with Crippen molar-refractivity contribution in [3.8, 4) is 0 Å². The van der Waals surface area contributed by atoms with Gasteiger partial charge in [0, 0.05) is 31.1 Å². The fraction of sp³-hybridized carbons (Fsp3) is 0.360. The first kappa shape index (κ1) is 21.2. The van der Waals surface area contributed by atoms with E-state index in [1.54, 1.807) is 23.9 Å². The predicted octanol–water partition coefficient (Wildman–Crippen LogP) is 3.78. The van der Waals surface area contributed by atoms with E-state index in [0.717, 1.165) is 49.7 Å². The van der Waals surface area contributed by atoms with Crippen molar-refractivity contribution in [2.75, 3.05) is 45.6 Å². The van der Waals surface area contributed by atoms with E-state index < -0.39 is 6.04 Å². The Balaban J connectivity index is 1.51. The minimum absolute atomic E-state index is 0.121. The molecule has 0 saturated carbocycles. The van der Waals surface area contributed by atoms with Gasteiger partial charge >= 0.3 is 0 Å². The zero-order valence-electron chi connectivity index (χ0n) is 18.1. The van der Waals surface area contributed by atoms with Gasteiger partial charge in [-0.1, -0.05) is 24.3 Å². The molecular weight excluding hydrogens is 424 g/mol. The number of fused-ring (bicyclic) bond motifs is 2. The number of morpholine rings is 1. The van der Waals surface area contributed by atoms with Gasteiger partial charge < -0.3 is 14.1 Å². The zero-order valence-corrected chi connectivity index (χ0v) is 18.9. The van der Waals surface area contributed by atoms with Gasteiger partial charge in [0.15, 0.2) is 5.43 Å². The maximum atomic E-state index is 13.5. The second-order valence-corrected chi connectivity index (χ2v) is 9.03. The van der Waals surface area contributed by atoms with Crippen LogP contribution in [0.5, 0.6) is 0 Å². The molecule has 3 aromatic rings. The Hall–Kier alpha value is -2.61. The molecule has 0 bridgehead atoms. The molecule has 166 valence electrons. The first-order valence-electron chi connectivity index (χ1n) is 11.0. The second-order valence-electron chi connectivity index (χ2n) is 8.15. The molecule has 1 saturated heterocycles. The summed E-state index contributed by atoms with van der Waals surface area (Å²) >= 11 is 1.67. The number of hydrogen-bond donors (Lipinski definition) is 0. The van der Waals surface area contributed by atoms with Gasteiger partial charge in [0.1, 0.15) is 5.58 Å². The number of para-hydroxylation sites is 1. The van der Waals surface area contributed by atoms with Gasteiger partial charge in [-0.2, -0.15) is 0 Å². The highest BCUT2D eigenvalue weighted by molar-refractivity contribution is 7.98. The Bertz CT molecular complexity index is 1180. The van der Waals surface area contributed by atoms with Crippen LogP contribution in [-0.4, -0.2) is 61.4 Å². The average molecular weight is 451 g/mol. The predicted molar refractivity (Wildman–Crippen MR) is 125 cm³/mol. The number of nitrogens with zero attached hydrogens (tertiary/aromatic N) is 2. The molecule has 3 heterocycles. The van der Waals surface area contributed by atoms with Crippen molar-refractivity contribution in [1.29, 1.82) is 0 Å². The van der Waals surface area contributed by atoms with Crippen LogP contribution in [0.25, 0.3) is 11.0 Å². The Morgan fingerprint density at radius 1 is 1.00 bits per heavy atom. The number of rotatable bonds is 6. The summed E-state index contributed by atoms with van der Waals surface area (Å²) in [6.07, 6.45) is 2.86. The summed E-state index contributed by atoms with van der Waals surface area (Å²) in [6, 6.07) is 14.8. The molecule has 0 aliphatic carbocycles. The van der Waals surface area contributed by atoms with Crippen LogP contribution in [0.1, 0.15) is 34.1 Å². The van der Waals surface area contributed by atoms with Crippen LogP contribution in [0.15, 0.2) is 62.6 Å². The molecule has 0 N–H and O–H groups in total. The normalized spacial score (nSPS) is 19.0. The van der Waals surface area contributed by atoms with E-state index in [4.69, 9.17) is 9.15 Å². The summed E-state index contributed by atoms with van der Waals surface area (Å²) in [7, 11) is 0. The maximum Gasteiger partial charge on any atom is 0.290 e. The molecule has 2 aliphatic rings. The van der Waals surface area contributed by atoms with Crippen LogP contribution in [0.2, 0.25) is 0 Å². The molecule has 32 heavy (non-hydrogen) atoms. The van der Waals surface area contributed by atoms with Gasteiger partial charge in [-0.3, -0.25) is 14.5 Å². The summed E-state index contributed by atoms with van der Waals surface area (Å²) in [5, 5.41) is 0.514. The number of ether oxygens (including phenoxy) is 1. The first-order chi connectivity index (χ1) is 15.7. The monoisotopic (exact) mass is 450 g/mol. The minimum atomic E-state index is -0.432. The van der Waals surface area contributed by atoms with Crippen molar-refractivity contribution in [2.45, 2.75) is 17.4 Å². The third kappa shape index (κ3) is 3.85. The van der Waals surface area contributed by atoms with Gasteiger partial charge in [0.05, 0.1) is 30.2 Å². The zero-order chi connectivity index (χ0) is 22.1. The third-order valence-electron chi connectivity index (χ3n) is 6.28. The van der Waals surface area contributed by atoms with Crippen LogP contribution in [-0.2, 0) is 4.74 Å². The molecule has 2 aliphatic heterocycles. The van der Waals surface area contributed by atoms with E-state index in [1.807, 2.05) is 47.6 Å². The van der Waals surface area contributed by atoms with Crippen molar-refractivity contribution in [3.63, 3.8) is 0 Å². The largest absolute Gasteiger partial charge is 0.450 e. The maximum absolute atomic E-state index is 13.5. The van der Waals surface area contributed by atoms with E-state index in [1.165, 1.54) is 0 Å². The molecule has 0 spiro atoms. The van der Waals surface area contributed by atoms with E-state index in [-0.39, 0.29) is 17.1 Å². The molecule has 1 atom stereocenters. The Morgan fingerprint density at radius 2 is 1.75 bits per heavy atom. The molecule has 0 unspecified atom stereocenters. The quantitative estimate of drug-likeness (QED) is 0.533. The minimum Gasteiger partial charge on any atom is -0.450 e. The van der Waals surface area contributed by atoms with Gasteiger partial charge in [-0.25, -0.2) is 0 Å². The van der Waals surface area contributed by atoms with Crippen molar-refractivity contribution >= 4 is 28.6 Å². The van der Waals surface area contributed by atoms with Crippen molar-refractivity contribution in [1.82, 2.24) is 9.80 Å². The standard InChI is InChI=1S/C25H26N2O4S/c1-32-18-9-7-17(8-10-18)22-21-23(28)19-5-2-3-6-20(19)31-24(21)25(29)27(22)12-4-11-26-13-15-30-16-14-26/h2-3,5-10,22H,4,11-16H2,1H3/t22-/m1/s1. The summed E-state index contributed by atoms with van der Waals surface area (Å²) < 4.78 is 11.4. The van der Waals surface area contributed by atoms with Crippen LogP contribution >= 0.6 is 11.8 Å². The van der Waals surface area contributed by atoms with E-state index in [9.17, 15) is 9.59 Å². The Kier molecular flexibility index (Phi) is 6.04. The highest BCUT2D eigenvalue weighted by Crippen LogP contribution is 2.38. The lowest BCUT2D eigenvalue weighted by Crippen LogP contribution is -2.38. The van der Waals surface area contributed by atoms with Gasteiger partial charge in [-0.05, 0) is 42.5 Å². The molecule has 1 aromatic heterocycles. The lowest BCUT2D eigenvalue weighted by molar-refractivity contribution is 0.0353. The van der Waals surface area contributed by atoms with Crippen LogP contribution in [0.4, 0.5) is 0 Å². The summed E-state index contributed by atoms with van der Waals surface area (Å²) in [5.41, 5.74) is 1.72. The van der Waals surface area contributed by atoms with Gasteiger partial charge in [-0.15, -0.1) is 11.8 Å². The number of carbonyl (C=O) groups is 1. The smallest absolute Gasteiger partial charge is 0.290 e. The number of benzene rings is 2. The number of carbonyl (C=O) groups excluding carboxylic acids is 1. The highest BCUT2D eigenvalue weighted by atomic mass is 32.2. The summed E-state index contributed by atoms with van der Waals surface area (Å²) in [4.78, 5) is 32.2.